The van der Waals surface area contributed by atoms with E-state index in [1.54, 1.807) is 12.1 Å². The first kappa shape index (κ1) is 13.3. The van der Waals surface area contributed by atoms with Crippen molar-refractivity contribution in [2.75, 3.05) is 5.73 Å². The summed E-state index contributed by atoms with van der Waals surface area (Å²) in [5.41, 5.74) is 4.91. The molecule has 0 radical (unpaired) electrons. The summed E-state index contributed by atoms with van der Waals surface area (Å²) in [7, 11) is 0. The van der Waals surface area contributed by atoms with Gasteiger partial charge in [0.1, 0.15) is 17.5 Å². The molecule has 0 fully saturated rings. The number of hydrogen-bond acceptors (Lipinski definition) is 5. The first-order valence-corrected chi connectivity index (χ1v) is 5.43. The van der Waals surface area contributed by atoms with Gasteiger partial charge in [0, 0.05) is 6.07 Å². The summed E-state index contributed by atoms with van der Waals surface area (Å²) < 4.78 is 19.0. The largest absolute Gasteiger partial charge is 0.453 e. The topological polar surface area (TPSA) is 102 Å². The highest BCUT2D eigenvalue weighted by atomic mass is 19.1. The molecule has 0 heterocycles. The van der Waals surface area contributed by atoms with Crippen LogP contribution in [0.1, 0.15) is 5.56 Å². The van der Waals surface area contributed by atoms with Crippen molar-refractivity contribution in [2.45, 2.75) is 0 Å². The Morgan fingerprint density at radius 2 is 2.00 bits per heavy atom. The lowest BCUT2D eigenvalue weighted by Gasteiger charge is -2.09. The molecule has 6 nitrogen and oxygen atoms in total. The number of halogens is 1. The molecule has 0 aliphatic rings. The van der Waals surface area contributed by atoms with Crippen LogP contribution in [0.3, 0.4) is 0 Å². The lowest BCUT2D eigenvalue weighted by atomic mass is 10.2. The fraction of sp³-hybridized carbons (Fsp3) is 0. The maximum Gasteiger partial charge on any atom is 0.295 e. The molecule has 7 heteroatoms. The molecule has 0 amide bonds. The van der Waals surface area contributed by atoms with Crippen LogP contribution in [0.4, 0.5) is 15.8 Å². The molecule has 0 aliphatic heterocycles. The molecule has 0 unspecified atom stereocenters. The van der Waals surface area contributed by atoms with E-state index < -0.39 is 16.4 Å². The number of hydrogen-bond donors (Lipinski definition) is 1. The molecule has 2 rings (SSSR count). The van der Waals surface area contributed by atoms with Crippen LogP contribution in [-0.4, -0.2) is 4.92 Å². The fourth-order valence-electron chi connectivity index (χ4n) is 1.56. The Hall–Kier alpha value is -3.14. The third kappa shape index (κ3) is 2.49. The quantitative estimate of drug-likeness (QED) is 0.526. The van der Waals surface area contributed by atoms with Crippen molar-refractivity contribution in [2.24, 2.45) is 0 Å². The molecule has 0 atom stereocenters. The average Bonchev–Trinajstić information content (AvgIpc) is 2.42. The molecule has 20 heavy (non-hydrogen) atoms. The second kappa shape index (κ2) is 5.24. The number of rotatable bonds is 3. The number of benzene rings is 2. The van der Waals surface area contributed by atoms with Crippen LogP contribution < -0.4 is 10.5 Å². The number of nitro groups is 1. The zero-order valence-corrected chi connectivity index (χ0v) is 10.0. The SMILES string of the molecule is N#Cc1ccccc1Oc1cc(N)c([N+](=O)[O-])cc1F. The zero-order chi connectivity index (χ0) is 14.7. The van der Waals surface area contributed by atoms with E-state index in [9.17, 15) is 14.5 Å². The highest BCUT2D eigenvalue weighted by Gasteiger charge is 2.18. The van der Waals surface area contributed by atoms with Crippen molar-refractivity contribution in [3.8, 4) is 17.6 Å². The number of para-hydroxylation sites is 1. The number of nitrogens with two attached hydrogens (primary N) is 1. The summed E-state index contributed by atoms with van der Waals surface area (Å²) in [6.07, 6.45) is 0. The normalized spacial score (nSPS) is 9.80. The Balaban J connectivity index is 2.43. The zero-order valence-electron chi connectivity index (χ0n) is 10.0. The van der Waals surface area contributed by atoms with Gasteiger partial charge in [-0.25, -0.2) is 4.39 Å². The maximum atomic E-state index is 13.7. The minimum Gasteiger partial charge on any atom is -0.453 e. The van der Waals surface area contributed by atoms with Crippen molar-refractivity contribution >= 4 is 11.4 Å². The minimum atomic E-state index is -0.932. The monoisotopic (exact) mass is 273 g/mol. The standard InChI is InChI=1S/C13H8FN3O3/c14-9-5-11(17(18)19)10(16)6-13(9)20-12-4-2-1-3-8(12)7-15/h1-6H,16H2. The number of ether oxygens (including phenoxy) is 1. The van der Waals surface area contributed by atoms with Crippen LogP contribution in [0.25, 0.3) is 0 Å². The van der Waals surface area contributed by atoms with Gasteiger partial charge in [-0.15, -0.1) is 0 Å². The smallest absolute Gasteiger partial charge is 0.295 e. The first-order chi connectivity index (χ1) is 9.52. The van der Waals surface area contributed by atoms with Crippen LogP contribution >= 0.6 is 0 Å². The number of nitrogens with zero attached hydrogens (tertiary/aromatic N) is 2. The molecule has 0 spiro atoms. The summed E-state index contributed by atoms with van der Waals surface area (Å²) in [4.78, 5) is 9.83. The molecule has 2 aromatic rings. The van der Waals surface area contributed by atoms with E-state index in [-0.39, 0.29) is 22.7 Å². The predicted molar refractivity (Wildman–Crippen MR) is 68.7 cm³/mol. The third-order valence-corrected chi connectivity index (χ3v) is 2.51. The van der Waals surface area contributed by atoms with Crippen molar-refractivity contribution < 1.29 is 14.1 Å². The van der Waals surface area contributed by atoms with E-state index in [2.05, 4.69) is 0 Å². The average molecular weight is 273 g/mol. The van der Waals surface area contributed by atoms with Gasteiger partial charge < -0.3 is 10.5 Å². The van der Waals surface area contributed by atoms with E-state index in [0.717, 1.165) is 6.07 Å². The molecule has 2 aromatic carbocycles. The van der Waals surface area contributed by atoms with E-state index in [1.165, 1.54) is 12.1 Å². The molecule has 0 saturated heterocycles. The first-order valence-electron chi connectivity index (χ1n) is 5.43. The third-order valence-electron chi connectivity index (χ3n) is 2.51. The fourth-order valence-corrected chi connectivity index (χ4v) is 1.56. The van der Waals surface area contributed by atoms with E-state index in [4.69, 9.17) is 15.7 Å². The van der Waals surface area contributed by atoms with Crippen LogP contribution in [0, 0.1) is 27.3 Å². The number of nitro benzene ring substituents is 1. The molecule has 0 aliphatic carbocycles. The summed E-state index contributed by atoms with van der Waals surface area (Å²) in [5, 5.41) is 19.5. The molecular formula is C13H8FN3O3. The number of nitrogen functional groups attached to an aromatic ring is 1. The highest BCUT2D eigenvalue weighted by molar-refractivity contribution is 5.62. The predicted octanol–water partition coefficient (Wildman–Crippen LogP) is 2.98. The molecule has 0 aromatic heterocycles. The van der Waals surface area contributed by atoms with E-state index in [0.29, 0.717) is 6.07 Å². The van der Waals surface area contributed by atoms with Gasteiger partial charge in [-0.05, 0) is 12.1 Å². The minimum absolute atomic E-state index is 0.141. The number of nitriles is 1. The lowest BCUT2D eigenvalue weighted by molar-refractivity contribution is -0.384. The Kier molecular flexibility index (Phi) is 3.48. The summed E-state index contributed by atoms with van der Waals surface area (Å²) in [6, 6.07) is 9.82. The van der Waals surface area contributed by atoms with Gasteiger partial charge in [-0.3, -0.25) is 10.1 Å². The van der Waals surface area contributed by atoms with Gasteiger partial charge in [0.15, 0.2) is 11.6 Å². The second-order valence-electron chi connectivity index (χ2n) is 3.81. The number of anilines is 1. The van der Waals surface area contributed by atoms with Gasteiger partial charge >= 0.3 is 0 Å². The Labute approximate surface area is 113 Å². The maximum absolute atomic E-state index is 13.7. The Bertz CT molecular complexity index is 725. The lowest BCUT2D eigenvalue weighted by Crippen LogP contribution is -1.99. The molecular weight excluding hydrogens is 265 g/mol. The summed E-state index contributed by atoms with van der Waals surface area (Å²) in [5.74, 6) is -1.07. The molecule has 100 valence electrons. The van der Waals surface area contributed by atoms with Gasteiger partial charge in [-0.2, -0.15) is 5.26 Å². The van der Waals surface area contributed by atoms with Gasteiger partial charge in [0.2, 0.25) is 0 Å². The Morgan fingerprint density at radius 1 is 1.30 bits per heavy atom. The molecule has 0 saturated carbocycles. The van der Waals surface area contributed by atoms with Crippen molar-refractivity contribution in [3.63, 3.8) is 0 Å². The van der Waals surface area contributed by atoms with Crippen molar-refractivity contribution in [1.82, 2.24) is 0 Å². The summed E-state index contributed by atoms with van der Waals surface area (Å²) >= 11 is 0. The second-order valence-corrected chi connectivity index (χ2v) is 3.81. The highest BCUT2D eigenvalue weighted by Crippen LogP contribution is 2.33. The van der Waals surface area contributed by atoms with Crippen LogP contribution in [0.5, 0.6) is 11.5 Å². The van der Waals surface area contributed by atoms with Crippen LogP contribution in [-0.2, 0) is 0 Å². The van der Waals surface area contributed by atoms with E-state index in [1.807, 2.05) is 6.07 Å². The van der Waals surface area contributed by atoms with Gasteiger partial charge in [0.05, 0.1) is 16.6 Å². The molecule has 0 bridgehead atoms. The molecule has 2 N–H and O–H groups in total. The van der Waals surface area contributed by atoms with Crippen molar-refractivity contribution in [1.29, 1.82) is 5.26 Å². The van der Waals surface area contributed by atoms with Gasteiger partial charge in [-0.1, -0.05) is 12.1 Å². The Morgan fingerprint density at radius 3 is 2.65 bits per heavy atom. The van der Waals surface area contributed by atoms with Crippen LogP contribution in [0.15, 0.2) is 36.4 Å². The van der Waals surface area contributed by atoms with E-state index >= 15 is 0 Å². The van der Waals surface area contributed by atoms with Crippen molar-refractivity contribution in [3.05, 3.63) is 57.9 Å². The van der Waals surface area contributed by atoms with Crippen LogP contribution in [0.2, 0.25) is 0 Å². The van der Waals surface area contributed by atoms with Gasteiger partial charge in [0.25, 0.3) is 5.69 Å². The summed E-state index contributed by atoms with van der Waals surface area (Å²) in [6.45, 7) is 0.